The fraction of sp³-hybridized carbons (Fsp3) is 0.200. The van der Waals surface area contributed by atoms with E-state index in [9.17, 15) is 14.4 Å². The Kier molecular flexibility index (Phi) is 4.88. The molecule has 0 spiro atoms. The molecule has 0 atom stereocenters. The Morgan fingerprint density at radius 3 is 2.68 bits per heavy atom. The van der Waals surface area contributed by atoms with Crippen LogP contribution in [0.15, 0.2) is 30.3 Å². The molecular weight excluding hydrogens is 288 g/mol. The SMILES string of the molecule is N#Cc1ccc(/C=C/C(=O)OCC(=O)N2CCOC2=O)cc1. The number of esters is 1. The Bertz CT molecular complexity index is 658. The maximum Gasteiger partial charge on any atom is 0.416 e. The van der Waals surface area contributed by atoms with Crippen LogP contribution in [-0.4, -0.2) is 42.6 Å². The molecule has 2 rings (SSSR count). The third-order valence-corrected chi connectivity index (χ3v) is 2.85. The van der Waals surface area contributed by atoms with Crippen molar-refractivity contribution in [2.24, 2.45) is 0 Å². The van der Waals surface area contributed by atoms with Gasteiger partial charge in [0.25, 0.3) is 5.91 Å². The molecule has 0 bridgehead atoms. The number of rotatable bonds is 4. The third kappa shape index (κ3) is 3.93. The standard InChI is InChI=1S/C15H12N2O5/c16-9-12-3-1-11(2-4-12)5-6-14(19)22-10-13(18)17-7-8-21-15(17)20/h1-6H,7-8,10H2/b6-5+. The van der Waals surface area contributed by atoms with E-state index in [4.69, 9.17) is 10.00 Å². The molecular formula is C15H12N2O5. The number of nitrogens with zero attached hydrogens (tertiary/aromatic N) is 2. The van der Waals surface area contributed by atoms with Crippen molar-refractivity contribution in [1.29, 1.82) is 5.26 Å². The summed E-state index contributed by atoms with van der Waals surface area (Å²) < 4.78 is 9.36. The molecule has 7 nitrogen and oxygen atoms in total. The number of carbonyl (C=O) groups is 3. The van der Waals surface area contributed by atoms with Gasteiger partial charge in [0, 0.05) is 6.08 Å². The molecule has 1 aliphatic heterocycles. The molecule has 1 fully saturated rings. The molecule has 0 saturated carbocycles. The first-order chi connectivity index (χ1) is 10.6. The predicted octanol–water partition coefficient (Wildman–Crippen LogP) is 1.09. The number of benzene rings is 1. The summed E-state index contributed by atoms with van der Waals surface area (Å²) in [4.78, 5) is 35.1. The second kappa shape index (κ2) is 7.04. The van der Waals surface area contributed by atoms with Crippen molar-refractivity contribution in [3.05, 3.63) is 41.5 Å². The molecule has 7 heteroatoms. The van der Waals surface area contributed by atoms with Gasteiger partial charge >= 0.3 is 12.1 Å². The largest absolute Gasteiger partial charge is 0.452 e. The van der Waals surface area contributed by atoms with Gasteiger partial charge in [-0.25, -0.2) is 14.5 Å². The first kappa shape index (κ1) is 15.3. The smallest absolute Gasteiger partial charge is 0.416 e. The number of hydrogen-bond donors (Lipinski definition) is 0. The van der Waals surface area contributed by atoms with Crippen LogP contribution in [0.4, 0.5) is 4.79 Å². The van der Waals surface area contributed by atoms with Gasteiger partial charge in [-0.3, -0.25) is 4.79 Å². The minimum atomic E-state index is -0.728. The Morgan fingerprint density at radius 2 is 2.09 bits per heavy atom. The van der Waals surface area contributed by atoms with Crippen LogP contribution in [0.2, 0.25) is 0 Å². The van der Waals surface area contributed by atoms with Gasteiger partial charge in [0.15, 0.2) is 6.61 Å². The zero-order valence-corrected chi connectivity index (χ0v) is 11.5. The Morgan fingerprint density at radius 1 is 1.36 bits per heavy atom. The van der Waals surface area contributed by atoms with Crippen molar-refractivity contribution in [1.82, 2.24) is 4.90 Å². The molecule has 1 aliphatic rings. The van der Waals surface area contributed by atoms with Gasteiger partial charge in [-0.2, -0.15) is 5.26 Å². The zero-order chi connectivity index (χ0) is 15.9. The third-order valence-electron chi connectivity index (χ3n) is 2.85. The van der Waals surface area contributed by atoms with E-state index in [1.807, 2.05) is 6.07 Å². The first-order valence-corrected chi connectivity index (χ1v) is 6.42. The second-order valence-corrected chi connectivity index (χ2v) is 4.33. The average Bonchev–Trinajstić information content (AvgIpc) is 2.97. The highest BCUT2D eigenvalue weighted by Crippen LogP contribution is 2.06. The van der Waals surface area contributed by atoms with Gasteiger partial charge in [-0.05, 0) is 23.8 Å². The fourth-order valence-corrected chi connectivity index (χ4v) is 1.71. The monoisotopic (exact) mass is 300 g/mol. The molecule has 0 N–H and O–H groups in total. The van der Waals surface area contributed by atoms with Gasteiger partial charge in [0.05, 0.1) is 18.2 Å². The summed E-state index contributed by atoms with van der Waals surface area (Å²) in [7, 11) is 0. The Hall–Kier alpha value is -3.14. The fourth-order valence-electron chi connectivity index (χ4n) is 1.71. The summed E-state index contributed by atoms with van der Waals surface area (Å²) in [6.45, 7) is -0.209. The lowest BCUT2D eigenvalue weighted by Gasteiger charge is -2.09. The Balaban J connectivity index is 1.82. The highest BCUT2D eigenvalue weighted by atomic mass is 16.6. The van der Waals surface area contributed by atoms with Gasteiger partial charge in [-0.15, -0.1) is 0 Å². The van der Waals surface area contributed by atoms with Crippen LogP contribution in [0.25, 0.3) is 6.08 Å². The highest BCUT2D eigenvalue weighted by Gasteiger charge is 2.28. The first-order valence-electron chi connectivity index (χ1n) is 6.42. The molecule has 0 aromatic heterocycles. The molecule has 22 heavy (non-hydrogen) atoms. The van der Waals surface area contributed by atoms with Crippen LogP contribution >= 0.6 is 0 Å². The maximum atomic E-state index is 11.6. The number of carbonyl (C=O) groups excluding carboxylic acids is 3. The van der Waals surface area contributed by atoms with Crippen molar-refractivity contribution in [2.45, 2.75) is 0 Å². The van der Waals surface area contributed by atoms with E-state index in [2.05, 4.69) is 4.74 Å². The van der Waals surface area contributed by atoms with Gasteiger partial charge in [0.1, 0.15) is 6.61 Å². The lowest BCUT2D eigenvalue weighted by molar-refractivity contribution is -0.146. The van der Waals surface area contributed by atoms with Crippen molar-refractivity contribution in [3.8, 4) is 6.07 Å². The molecule has 1 aromatic rings. The summed E-state index contributed by atoms with van der Waals surface area (Å²) in [5.41, 5.74) is 1.23. The Labute approximate surface area is 126 Å². The zero-order valence-electron chi connectivity index (χ0n) is 11.5. The van der Waals surface area contributed by atoms with Crippen LogP contribution in [0.1, 0.15) is 11.1 Å². The van der Waals surface area contributed by atoms with E-state index < -0.39 is 24.6 Å². The van der Waals surface area contributed by atoms with Crippen molar-refractivity contribution in [3.63, 3.8) is 0 Å². The number of ether oxygens (including phenoxy) is 2. The summed E-state index contributed by atoms with van der Waals surface area (Å²) in [5.74, 6) is -1.33. The van der Waals surface area contributed by atoms with Crippen molar-refractivity contribution >= 4 is 24.0 Å². The van der Waals surface area contributed by atoms with E-state index in [1.54, 1.807) is 24.3 Å². The minimum Gasteiger partial charge on any atom is -0.452 e. The van der Waals surface area contributed by atoms with Crippen LogP contribution in [0, 0.1) is 11.3 Å². The van der Waals surface area contributed by atoms with E-state index in [0.29, 0.717) is 11.1 Å². The summed E-state index contributed by atoms with van der Waals surface area (Å²) in [6, 6.07) is 8.57. The number of hydrogen-bond acceptors (Lipinski definition) is 6. The normalized spacial score (nSPS) is 13.8. The van der Waals surface area contributed by atoms with Crippen LogP contribution in [-0.2, 0) is 19.1 Å². The lowest BCUT2D eigenvalue weighted by Crippen LogP contribution is -2.35. The van der Waals surface area contributed by atoms with E-state index >= 15 is 0 Å². The molecule has 2 amide bonds. The maximum absolute atomic E-state index is 11.6. The quantitative estimate of drug-likeness (QED) is 0.610. The van der Waals surface area contributed by atoms with E-state index in [0.717, 1.165) is 11.0 Å². The minimum absolute atomic E-state index is 0.150. The van der Waals surface area contributed by atoms with Crippen LogP contribution in [0.3, 0.4) is 0 Å². The number of cyclic esters (lactones) is 1. The molecule has 1 heterocycles. The number of amides is 2. The second-order valence-electron chi connectivity index (χ2n) is 4.33. The summed E-state index contributed by atoms with van der Waals surface area (Å²) in [5, 5.41) is 8.67. The van der Waals surface area contributed by atoms with Crippen LogP contribution < -0.4 is 0 Å². The highest BCUT2D eigenvalue weighted by molar-refractivity contribution is 5.95. The summed E-state index contributed by atoms with van der Waals surface area (Å²) >= 11 is 0. The summed E-state index contributed by atoms with van der Waals surface area (Å²) in [6.07, 6.45) is 1.93. The van der Waals surface area contributed by atoms with Crippen molar-refractivity contribution in [2.75, 3.05) is 19.8 Å². The van der Waals surface area contributed by atoms with Gasteiger partial charge in [0.2, 0.25) is 0 Å². The molecule has 1 saturated heterocycles. The molecule has 1 aromatic carbocycles. The molecule has 0 unspecified atom stereocenters. The van der Waals surface area contributed by atoms with E-state index in [-0.39, 0.29) is 13.2 Å². The molecule has 0 radical (unpaired) electrons. The average molecular weight is 300 g/mol. The topological polar surface area (TPSA) is 96.7 Å². The number of nitriles is 1. The predicted molar refractivity (Wildman–Crippen MR) is 74.2 cm³/mol. The lowest BCUT2D eigenvalue weighted by atomic mass is 10.1. The van der Waals surface area contributed by atoms with Crippen LogP contribution in [0.5, 0.6) is 0 Å². The van der Waals surface area contributed by atoms with Crippen molar-refractivity contribution < 1.29 is 23.9 Å². The number of imide groups is 1. The molecule has 112 valence electrons. The van der Waals surface area contributed by atoms with Gasteiger partial charge in [-0.1, -0.05) is 12.1 Å². The molecule has 0 aliphatic carbocycles. The van der Waals surface area contributed by atoms with Gasteiger partial charge < -0.3 is 9.47 Å². The van der Waals surface area contributed by atoms with E-state index in [1.165, 1.54) is 6.08 Å².